The Hall–Kier alpha value is -0.750. The first-order valence-electron chi connectivity index (χ1n) is 3.92. The van der Waals surface area contributed by atoms with Crippen LogP contribution < -0.4 is 0 Å². The Kier molecular flexibility index (Phi) is 3.85. The molecule has 1 rings (SSSR count). The molecular formula is C9H5BrClF3O2. The van der Waals surface area contributed by atoms with Gasteiger partial charge in [0, 0.05) is 4.47 Å². The molecule has 0 aliphatic heterocycles. The Morgan fingerprint density at radius 2 is 2.00 bits per heavy atom. The molecule has 16 heavy (non-hydrogen) atoms. The molecule has 0 fully saturated rings. The molecule has 0 N–H and O–H groups in total. The average Bonchev–Trinajstić information content (AvgIpc) is 2.18. The molecule has 1 aromatic carbocycles. The molecular weight excluding hydrogens is 312 g/mol. The standard InChI is InChI=1S/C9H5BrClF3O2/c1-16-8(15)4-2-7(11)5(3-6(4)10)9(12,13)14/h2-3H,1H3. The Balaban J connectivity index is 3.33. The summed E-state index contributed by atoms with van der Waals surface area (Å²) in [5.41, 5.74) is -1.06. The normalized spacial score (nSPS) is 11.4. The highest BCUT2D eigenvalue weighted by atomic mass is 79.9. The van der Waals surface area contributed by atoms with Crippen LogP contribution >= 0.6 is 27.5 Å². The van der Waals surface area contributed by atoms with Crippen molar-refractivity contribution in [1.29, 1.82) is 0 Å². The molecule has 2 nitrogen and oxygen atoms in total. The molecule has 0 spiro atoms. The molecule has 0 bridgehead atoms. The molecule has 0 atom stereocenters. The van der Waals surface area contributed by atoms with Crippen LogP contribution in [0.5, 0.6) is 0 Å². The third kappa shape index (κ3) is 2.68. The Bertz CT molecular complexity index is 431. The lowest BCUT2D eigenvalue weighted by Crippen LogP contribution is -2.09. The van der Waals surface area contributed by atoms with Crippen molar-refractivity contribution >= 4 is 33.5 Å². The summed E-state index contributed by atoms with van der Waals surface area (Å²) in [5, 5.41) is -0.545. The van der Waals surface area contributed by atoms with Gasteiger partial charge in [0.25, 0.3) is 0 Å². The fourth-order valence-electron chi connectivity index (χ4n) is 1.03. The van der Waals surface area contributed by atoms with E-state index >= 15 is 0 Å². The highest BCUT2D eigenvalue weighted by Gasteiger charge is 2.34. The summed E-state index contributed by atoms with van der Waals surface area (Å²) in [6.45, 7) is 0. The first-order valence-corrected chi connectivity index (χ1v) is 5.09. The van der Waals surface area contributed by atoms with Gasteiger partial charge < -0.3 is 4.74 Å². The van der Waals surface area contributed by atoms with E-state index in [9.17, 15) is 18.0 Å². The van der Waals surface area contributed by atoms with E-state index in [4.69, 9.17) is 11.6 Å². The second-order valence-corrected chi connectivity index (χ2v) is 4.06. The van der Waals surface area contributed by atoms with E-state index in [0.717, 1.165) is 19.2 Å². The van der Waals surface area contributed by atoms with E-state index in [1.54, 1.807) is 0 Å². The quantitative estimate of drug-likeness (QED) is 0.734. The van der Waals surface area contributed by atoms with Crippen molar-refractivity contribution in [3.8, 4) is 0 Å². The summed E-state index contributed by atoms with van der Waals surface area (Å²) in [6, 6.07) is 1.66. The van der Waals surface area contributed by atoms with Gasteiger partial charge >= 0.3 is 12.1 Å². The van der Waals surface area contributed by atoms with Crippen LogP contribution in [-0.2, 0) is 10.9 Å². The number of esters is 1. The van der Waals surface area contributed by atoms with Crippen LogP contribution in [0.1, 0.15) is 15.9 Å². The van der Waals surface area contributed by atoms with Gasteiger partial charge in [0.15, 0.2) is 0 Å². The van der Waals surface area contributed by atoms with Crippen molar-refractivity contribution in [3.63, 3.8) is 0 Å². The van der Waals surface area contributed by atoms with Crippen LogP contribution in [0, 0.1) is 0 Å². The minimum absolute atomic E-state index is 0.0175. The SMILES string of the molecule is COC(=O)c1cc(Cl)c(C(F)(F)F)cc1Br. The summed E-state index contributed by atoms with van der Waals surface area (Å²) >= 11 is 8.29. The number of carbonyl (C=O) groups is 1. The zero-order valence-corrected chi connectivity index (χ0v) is 10.2. The smallest absolute Gasteiger partial charge is 0.417 e. The lowest BCUT2D eigenvalue weighted by molar-refractivity contribution is -0.137. The highest BCUT2D eigenvalue weighted by Crippen LogP contribution is 2.37. The Morgan fingerprint density at radius 3 is 2.44 bits per heavy atom. The van der Waals surface area contributed by atoms with E-state index in [2.05, 4.69) is 20.7 Å². The topological polar surface area (TPSA) is 26.3 Å². The van der Waals surface area contributed by atoms with Crippen LogP contribution in [-0.4, -0.2) is 13.1 Å². The lowest BCUT2D eigenvalue weighted by Gasteiger charge is -2.11. The van der Waals surface area contributed by atoms with Gasteiger partial charge in [-0.25, -0.2) is 4.79 Å². The van der Waals surface area contributed by atoms with Crippen LogP contribution in [0.25, 0.3) is 0 Å². The summed E-state index contributed by atoms with van der Waals surface area (Å²) < 4.78 is 41.6. The maximum Gasteiger partial charge on any atom is 0.417 e. The fraction of sp³-hybridized carbons (Fsp3) is 0.222. The molecule has 0 aromatic heterocycles. The second kappa shape index (κ2) is 4.63. The first-order chi connectivity index (χ1) is 7.27. The van der Waals surface area contributed by atoms with Crippen molar-refractivity contribution in [3.05, 3.63) is 32.8 Å². The summed E-state index contributed by atoms with van der Waals surface area (Å²) in [7, 11) is 1.13. The second-order valence-electron chi connectivity index (χ2n) is 2.80. The molecule has 7 heteroatoms. The van der Waals surface area contributed by atoms with Crippen molar-refractivity contribution in [1.82, 2.24) is 0 Å². The first kappa shape index (κ1) is 13.3. The zero-order chi connectivity index (χ0) is 12.5. The van der Waals surface area contributed by atoms with Crippen molar-refractivity contribution in [2.75, 3.05) is 7.11 Å². The molecule has 0 saturated heterocycles. The number of benzene rings is 1. The maximum atomic E-state index is 12.4. The zero-order valence-electron chi connectivity index (χ0n) is 7.86. The third-order valence-electron chi connectivity index (χ3n) is 1.77. The summed E-state index contributed by atoms with van der Waals surface area (Å²) in [4.78, 5) is 11.2. The fourth-order valence-corrected chi connectivity index (χ4v) is 1.81. The molecule has 0 radical (unpaired) electrons. The van der Waals surface area contributed by atoms with E-state index < -0.39 is 22.7 Å². The number of hydrogen-bond acceptors (Lipinski definition) is 2. The van der Waals surface area contributed by atoms with E-state index in [1.807, 2.05) is 0 Å². The summed E-state index contributed by atoms with van der Waals surface area (Å²) in [5.74, 6) is -0.762. The van der Waals surface area contributed by atoms with Gasteiger partial charge in [-0.3, -0.25) is 0 Å². The van der Waals surface area contributed by atoms with Crippen LogP contribution in [0.4, 0.5) is 13.2 Å². The summed E-state index contributed by atoms with van der Waals surface area (Å²) in [6.07, 6.45) is -4.56. The number of rotatable bonds is 1. The number of halogens is 5. The van der Waals surface area contributed by atoms with Gasteiger partial charge in [-0.2, -0.15) is 13.2 Å². The van der Waals surface area contributed by atoms with E-state index in [0.29, 0.717) is 0 Å². The molecule has 1 aromatic rings. The number of alkyl halides is 3. The van der Waals surface area contributed by atoms with Crippen molar-refractivity contribution in [2.45, 2.75) is 6.18 Å². The van der Waals surface area contributed by atoms with E-state index in [-0.39, 0.29) is 10.0 Å². The van der Waals surface area contributed by atoms with Gasteiger partial charge in [0.05, 0.1) is 23.3 Å². The van der Waals surface area contributed by atoms with Gasteiger partial charge in [-0.05, 0) is 28.1 Å². The van der Waals surface area contributed by atoms with Gasteiger partial charge in [-0.1, -0.05) is 11.6 Å². The predicted molar refractivity (Wildman–Crippen MR) is 55.5 cm³/mol. The minimum Gasteiger partial charge on any atom is -0.465 e. The highest BCUT2D eigenvalue weighted by molar-refractivity contribution is 9.10. The van der Waals surface area contributed by atoms with Crippen molar-refractivity contribution < 1.29 is 22.7 Å². The number of hydrogen-bond donors (Lipinski definition) is 0. The molecule has 0 aliphatic rings. The molecule has 0 aliphatic carbocycles. The van der Waals surface area contributed by atoms with Crippen LogP contribution in [0.3, 0.4) is 0 Å². The molecule has 0 heterocycles. The van der Waals surface area contributed by atoms with Gasteiger partial charge in [-0.15, -0.1) is 0 Å². The number of ether oxygens (including phenoxy) is 1. The van der Waals surface area contributed by atoms with E-state index in [1.165, 1.54) is 0 Å². The molecule has 0 amide bonds. The minimum atomic E-state index is -4.56. The average molecular weight is 317 g/mol. The number of carbonyl (C=O) groups excluding carboxylic acids is 1. The lowest BCUT2D eigenvalue weighted by atomic mass is 10.1. The van der Waals surface area contributed by atoms with Crippen LogP contribution in [0.15, 0.2) is 16.6 Å². The molecule has 0 unspecified atom stereocenters. The van der Waals surface area contributed by atoms with Gasteiger partial charge in [0.1, 0.15) is 0 Å². The molecule has 88 valence electrons. The van der Waals surface area contributed by atoms with Crippen LogP contribution in [0.2, 0.25) is 5.02 Å². The maximum absolute atomic E-state index is 12.4. The Labute approximate surface area is 102 Å². The largest absolute Gasteiger partial charge is 0.465 e. The Morgan fingerprint density at radius 1 is 1.44 bits per heavy atom. The third-order valence-corrected chi connectivity index (χ3v) is 2.74. The predicted octanol–water partition coefficient (Wildman–Crippen LogP) is 3.91. The monoisotopic (exact) mass is 316 g/mol. The molecule has 0 saturated carbocycles. The number of methoxy groups -OCH3 is 1. The van der Waals surface area contributed by atoms with Crippen molar-refractivity contribution in [2.24, 2.45) is 0 Å². The van der Waals surface area contributed by atoms with Gasteiger partial charge in [0.2, 0.25) is 0 Å².